The van der Waals surface area contributed by atoms with Gasteiger partial charge in [0.2, 0.25) is 0 Å². The topological polar surface area (TPSA) is 68.2 Å². The lowest BCUT2D eigenvalue weighted by atomic mass is 10.0. The molecule has 5 aromatic rings. The van der Waals surface area contributed by atoms with E-state index in [0.29, 0.717) is 17.2 Å². The molecular weight excluding hydrogens is 448 g/mol. The Morgan fingerprint density at radius 3 is 2.39 bits per heavy atom. The maximum absolute atomic E-state index is 13.1. The Bertz CT molecular complexity index is 1550. The Morgan fingerprint density at radius 1 is 0.861 bits per heavy atom. The van der Waals surface area contributed by atoms with Crippen LogP contribution in [0.2, 0.25) is 0 Å². The fraction of sp³-hybridized carbons (Fsp3) is 0.0667. The number of ether oxygens (including phenoxy) is 1. The van der Waals surface area contributed by atoms with E-state index in [1.54, 1.807) is 17.3 Å². The molecule has 0 unspecified atom stereocenters. The van der Waals surface area contributed by atoms with E-state index in [0.717, 1.165) is 27.6 Å². The first-order chi connectivity index (χ1) is 17.8. The van der Waals surface area contributed by atoms with Crippen LogP contribution in [0.3, 0.4) is 0 Å². The number of nitrogens with zero attached hydrogens (tertiary/aromatic N) is 4. The summed E-state index contributed by atoms with van der Waals surface area (Å²) in [6.07, 6.45) is 6.46. The summed E-state index contributed by atoms with van der Waals surface area (Å²) in [6.45, 7) is 0.244. The van der Waals surface area contributed by atoms with Crippen LogP contribution < -0.4 is 0 Å². The van der Waals surface area contributed by atoms with Gasteiger partial charge in [-0.25, -0.2) is 14.8 Å². The average Bonchev–Trinajstić information content (AvgIpc) is 3.33. The highest BCUT2D eigenvalue weighted by Crippen LogP contribution is 2.36. The minimum absolute atomic E-state index is 0.244. The van der Waals surface area contributed by atoms with Gasteiger partial charge in [-0.15, -0.1) is 0 Å². The number of carbonyl (C=O) groups excluding carboxylic acids is 1. The maximum atomic E-state index is 13.1. The van der Waals surface area contributed by atoms with E-state index < -0.39 is 6.09 Å². The molecule has 0 N–H and O–H groups in total. The second kappa shape index (κ2) is 9.43. The fourth-order valence-electron chi connectivity index (χ4n) is 4.36. The largest absolute Gasteiger partial charge is 0.447 e. The lowest BCUT2D eigenvalue weighted by Crippen LogP contribution is -2.26. The lowest BCUT2D eigenvalue weighted by Gasteiger charge is -2.24. The third kappa shape index (κ3) is 4.09. The normalized spacial score (nSPS) is 15.8. The SMILES string of the molecule is O=C1OC[C@@H](c2ccccc2)N1C(=[C]c1nc(-c2ccccc2)nc2ccccc12)c1cccnc1. The van der Waals surface area contributed by atoms with Crippen molar-refractivity contribution in [1.29, 1.82) is 0 Å². The van der Waals surface area contributed by atoms with Crippen molar-refractivity contribution in [2.45, 2.75) is 6.04 Å². The summed E-state index contributed by atoms with van der Waals surface area (Å²) in [4.78, 5) is 28.7. The zero-order valence-electron chi connectivity index (χ0n) is 19.3. The van der Waals surface area contributed by atoms with E-state index in [1.165, 1.54) is 0 Å². The molecule has 0 saturated carbocycles. The molecule has 2 aromatic heterocycles. The maximum Gasteiger partial charge on any atom is 0.415 e. The van der Waals surface area contributed by atoms with Crippen molar-refractivity contribution in [3.63, 3.8) is 0 Å². The highest BCUT2D eigenvalue weighted by atomic mass is 16.6. The molecular formula is C30H21N4O2. The summed E-state index contributed by atoms with van der Waals surface area (Å²) < 4.78 is 5.53. The smallest absolute Gasteiger partial charge is 0.415 e. The monoisotopic (exact) mass is 469 g/mol. The summed E-state index contributed by atoms with van der Waals surface area (Å²) in [5, 5.41) is 0.836. The third-order valence-electron chi connectivity index (χ3n) is 6.11. The van der Waals surface area contributed by atoms with Gasteiger partial charge in [0.25, 0.3) is 0 Å². The van der Waals surface area contributed by atoms with Crippen molar-refractivity contribution in [2.24, 2.45) is 0 Å². The first-order valence-corrected chi connectivity index (χ1v) is 11.7. The van der Waals surface area contributed by atoms with Crippen molar-refractivity contribution in [2.75, 3.05) is 6.61 Å². The first kappa shape index (κ1) is 21.7. The van der Waals surface area contributed by atoms with Gasteiger partial charge in [-0.1, -0.05) is 78.9 Å². The minimum Gasteiger partial charge on any atom is -0.447 e. The molecule has 0 bridgehead atoms. The Hall–Kier alpha value is -4.84. The standard InChI is InChI=1S/C30H21N4O2/c35-30-34(28(20-36-30)21-10-3-1-4-11-21)27(23-14-9-17-31-19-23)18-26-24-15-7-8-16-25(24)32-29(33-26)22-12-5-2-6-13-22/h1-17,19,28H,20H2/t28-/m0/s1. The minimum atomic E-state index is -0.433. The van der Waals surface area contributed by atoms with E-state index in [1.807, 2.05) is 97.1 Å². The molecule has 1 aliphatic heterocycles. The van der Waals surface area contributed by atoms with Crippen molar-refractivity contribution < 1.29 is 9.53 Å². The number of benzene rings is 3. The van der Waals surface area contributed by atoms with Crippen LogP contribution >= 0.6 is 0 Å². The fourth-order valence-corrected chi connectivity index (χ4v) is 4.36. The number of hydrogen-bond acceptors (Lipinski definition) is 5. The number of cyclic esters (lactones) is 1. The molecule has 6 nitrogen and oxygen atoms in total. The molecule has 6 heteroatoms. The quantitative estimate of drug-likeness (QED) is 0.312. The third-order valence-corrected chi connectivity index (χ3v) is 6.11. The molecule has 1 aliphatic rings. The first-order valence-electron chi connectivity index (χ1n) is 11.7. The van der Waals surface area contributed by atoms with Crippen LogP contribution in [0.1, 0.15) is 22.9 Å². The number of fused-ring (bicyclic) bond motifs is 1. The van der Waals surface area contributed by atoms with Crippen LogP contribution in [-0.4, -0.2) is 32.6 Å². The number of pyridine rings is 1. The van der Waals surface area contributed by atoms with Gasteiger partial charge < -0.3 is 4.74 Å². The van der Waals surface area contributed by atoms with Crippen molar-refractivity contribution in [3.05, 3.63) is 132 Å². The van der Waals surface area contributed by atoms with E-state index in [-0.39, 0.29) is 12.6 Å². The predicted molar refractivity (Wildman–Crippen MR) is 137 cm³/mol. The summed E-state index contributed by atoms with van der Waals surface area (Å²) >= 11 is 0. The summed E-state index contributed by atoms with van der Waals surface area (Å²) in [7, 11) is 0. The van der Waals surface area contributed by atoms with Gasteiger partial charge in [0.05, 0.1) is 22.9 Å². The molecule has 1 radical (unpaired) electrons. The molecule has 6 rings (SSSR count). The summed E-state index contributed by atoms with van der Waals surface area (Å²) in [6, 6.07) is 30.9. The van der Waals surface area contributed by atoms with Crippen molar-refractivity contribution in [1.82, 2.24) is 19.9 Å². The van der Waals surface area contributed by atoms with Gasteiger partial charge in [0, 0.05) is 35.0 Å². The molecule has 1 amide bonds. The average molecular weight is 470 g/mol. The van der Waals surface area contributed by atoms with Crippen LogP contribution in [0, 0.1) is 6.08 Å². The van der Waals surface area contributed by atoms with Gasteiger partial charge in [0.15, 0.2) is 5.82 Å². The number of hydrogen-bond donors (Lipinski definition) is 0. The Morgan fingerprint density at radius 2 is 1.61 bits per heavy atom. The molecule has 3 aromatic carbocycles. The van der Waals surface area contributed by atoms with Crippen molar-refractivity contribution in [3.8, 4) is 11.4 Å². The number of carbonyl (C=O) groups is 1. The van der Waals surface area contributed by atoms with E-state index in [4.69, 9.17) is 14.7 Å². The number of aromatic nitrogens is 3. The van der Waals surface area contributed by atoms with Crippen molar-refractivity contribution >= 4 is 22.7 Å². The second-order valence-corrected chi connectivity index (χ2v) is 8.37. The highest BCUT2D eigenvalue weighted by Gasteiger charge is 2.37. The zero-order valence-corrected chi connectivity index (χ0v) is 19.3. The van der Waals surface area contributed by atoms with Crippen LogP contribution in [0.25, 0.3) is 28.0 Å². The molecule has 36 heavy (non-hydrogen) atoms. The van der Waals surface area contributed by atoms with Gasteiger partial charge in [-0.3, -0.25) is 9.88 Å². The predicted octanol–water partition coefficient (Wildman–Crippen LogP) is 6.08. The summed E-state index contributed by atoms with van der Waals surface area (Å²) in [5.74, 6) is 0.589. The van der Waals surface area contributed by atoms with Crippen LogP contribution in [0.5, 0.6) is 0 Å². The molecule has 3 heterocycles. The summed E-state index contributed by atoms with van der Waals surface area (Å²) in [5.41, 5.74) is 4.54. The number of rotatable bonds is 5. The van der Waals surface area contributed by atoms with Crippen LogP contribution in [0.15, 0.2) is 109 Å². The highest BCUT2D eigenvalue weighted by molar-refractivity contribution is 5.88. The van der Waals surface area contributed by atoms with E-state index in [2.05, 4.69) is 11.1 Å². The van der Waals surface area contributed by atoms with Gasteiger partial charge in [-0.05, 0) is 23.8 Å². The van der Waals surface area contributed by atoms with Gasteiger partial charge in [0.1, 0.15) is 6.61 Å². The zero-order chi connectivity index (χ0) is 24.3. The Kier molecular flexibility index (Phi) is 5.68. The van der Waals surface area contributed by atoms with Crippen LogP contribution in [-0.2, 0) is 4.74 Å². The van der Waals surface area contributed by atoms with Crippen LogP contribution in [0.4, 0.5) is 4.79 Å². The van der Waals surface area contributed by atoms with Gasteiger partial charge >= 0.3 is 6.09 Å². The molecule has 173 valence electrons. The molecule has 1 atom stereocenters. The van der Waals surface area contributed by atoms with Gasteiger partial charge in [-0.2, -0.15) is 0 Å². The Labute approximate surface area is 208 Å². The number of para-hydroxylation sites is 1. The molecule has 1 saturated heterocycles. The second-order valence-electron chi connectivity index (χ2n) is 8.37. The molecule has 0 spiro atoms. The molecule has 0 aliphatic carbocycles. The lowest BCUT2D eigenvalue weighted by molar-refractivity contribution is 0.167. The Balaban J connectivity index is 1.57. The van der Waals surface area contributed by atoms with E-state index in [9.17, 15) is 4.79 Å². The number of amides is 1. The van der Waals surface area contributed by atoms with E-state index >= 15 is 0 Å². The molecule has 1 fully saturated rings.